The molecule has 0 spiro atoms. The zero-order valence-corrected chi connectivity index (χ0v) is 9.24. The van der Waals surface area contributed by atoms with E-state index in [2.05, 4.69) is 15.9 Å². The van der Waals surface area contributed by atoms with Gasteiger partial charge in [-0.25, -0.2) is 0 Å². The van der Waals surface area contributed by atoms with Crippen molar-refractivity contribution < 1.29 is 9.53 Å². The average molecular weight is 256 g/mol. The third-order valence-corrected chi connectivity index (χ3v) is 3.00. The maximum Gasteiger partial charge on any atom is 0.252 e. The van der Waals surface area contributed by atoms with Gasteiger partial charge in [0.25, 0.3) is 5.91 Å². The van der Waals surface area contributed by atoms with Crippen molar-refractivity contribution in [1.82, 2.24) is 0 Å². The summed E-state index contributed by atoms with van der Waals surface area (Å²) in [4.78, 5) is 11.0. The number of ether oxygens (including phenoxy) is 1. The molecule has 1 fully saturated rings. The highest BCUT2D eigenvalue weighted by molar-refractivity contribution is 9.10. The highest BCUT2D eigenvalue weighted by Crippen LogP contribution is 2.49. The summed E-state index contributed by atoms with van der Waals surface area (Å²) in [6, 6.07) is 7.67. The van der Waals surface area contributed by atoms with Crippen molar-refractivity contribution in [3.05, 3.63) is 34.3 Å². The number of hydrogen-bond acceptors (Lipinski definition) is 2. The van der Waals surface area contributed by atoms with Crippen molar-refractivity contribution in [2.45, 2.75) is 18.6 Å². The molecular weight excluding hydrogens is 246 g/mol. The molecule has 2 atom stereocenters. The van der Waals surface area contributed by atoms with E-state index < -0.39 is 11.5 Å². The van der Waals surface area contributed by atoms with Crippen LogP contribution in [0.1, 0.15) is 18.6 Å². The minimum atomic E-state index is -0.812. The molecule has 1 aliphatic heterocycles. The second-order valence-electron chi connectivity index (χ2n) is 3.52. The minimum absolute atomic E-state index is 0.187. The second-order valence-corrected chi connectivity index (χ2v) is 4.44. The summed E-state index contributed by atoms with van der Waals surface area (Å²) >= 11 is 3.34. The fourth-order valence-electron chi connectivity index (χ4n) is 1.42. The Morgan fingerprint density at radius 3 is 2.50 bits per heavy atom. The summed E-state index contributed by atoms with van der Waals surface area (Å²) in [7, 11) is 0. The second kappa shape index (κ2) is 3.07. The highest BCUT2D eigenvalue weighted by atomic mass is 79.9. The van der Waals surface area contributed by atoms with Crippen LogP contribution in [-0.2, 0) is 9.53 Å². The van der Waals surface area contributed by atoms with Gasteiger partial charge in [-0.3, -0.25) is 4.79 Å². The van der Waals surface area contributed by atoms with E-state index in [1.54, 1.807) is 6.92 Å². The lowest BCUT2D eigenvalue weighted by atomic mass is 10.0. The first-order valence-electron chi connectivity index (χ1n) is 4.27. The Labute approximate surface area is 90.4 Å². The van der Waals surface area contributed by atoms with E-state index in [1.165, 1.54) is 0 Å². The molecule has 1 aromatic rings. The average Bonchev–Trinajstić information content (AvgIpc) is 2.81. The number of rotatable bonds is 2. The number of carbonyl (C=O) groups is 1. The fourth-order valence-corrected chi connectivity index (χ4v) is 1.69. The van der Waals surface area contributed by atoms with Crippen molar-refractivity contribution >= 4 is 21.8 Å². The van der Waals surface area contributed by atoms with Crippen LogP contribution in [0.5, 0.6) is 0 Å². The summed E-state index contributed by atoms with van der Waals surface area (Å²) < 4.78 is 6.30. The predicted octanol–water partition coefficient (Wildman–Crippen LogP) is 1.76. The number of amides is 1. The van der Waals surface area contributed by atoms with Crippen molar-refractivity contribution in [2.75, 3.05) is 0 Å². The summed E-state index contributed by atoms with van der Waals surface area (Å²) in [5.74, 6) is -0.412. The van der Waals surface area contributed by atoms with Gasteiger partial charge in [0, 0.05) is 4.47 Å². The molecule has 1 aliphatic rings. The summed E-state index contributed by atoms with van der Waals surface area (Å²) in [5.41, 5.74) is 5.39. The minimum Gasteiger partial charge on any atom is -0.367 e. The number of epoxide rings is 1. The molecular formula is C10H10BrNO2. The molecule has 3 nitrogen and oxygen atoms in total. The van der Waals surface area contributed by atoms with Crippen molar-refractivity contribution in [2.24, 2.45) is 5.73 Å². The summed E-state index contributed by atoms with van der Waals surface area (Å²) in [5, 5.41) is 0. The zero-order valence-electron chi connectivity index (χ0n) is 7.66. The van der Waals surface area contributed by atoms with Crippen LogP contribution in [-0.4, -0.2) is 11.5 Å². The van der Waals surface area contributed by atoms with Gasteiger partial charge in [-0.15, -0.1) is 0 Å². The number of nitrogens with two attached hydrogens (primary N) is 1. The van der Waals surface area contributed by atoms with Crippen LogP contribution >= 0.6 is 15.9 Å². The van der Waals surface area contributed by atoms with Gasteiger partial charge in [-0.05, 0) is 24.6 Å². The van der Waals surface area contributed by atoms with Gasteiger partial charge in [-0.1, -0.05) is 28.1 Å². The third kappa shape index (κ3) is 1.44. The fraction of sp³-hybridized carbons (Fsp3) is 0.300. The van der Waals surface area contributed by atoms with E-state index in [1.807, 2.05) is 24.3 Å². The van der Waals surface area contributed by atoms with Gasteiger partial charge in [0.15, 0.2) is 5.60 Å². The normalized spacial score (nSPS) is 30.0. The smallest absolute Gasteiger partial charge is 0.252 e. The largest absolute Gasteiger partial charge is 0.367 e. The highest BCUT2D eigenvalue weighted by Gasteiger charge is 2.58. The number of halogens is 1. The van der Waals surface area contributed by atoms with E-state index in [0.29, 0.717) is 0 Å². The standard InChI is InChI=1S/C10H10BrNO2/c1-10(9(12)13)8(14-10)6-2-4-7(11)5-3-6/h2-5,8H,1H3,(H2,12,13). The number of carbonyl (C=O) groups excluding carboxylic acids is 1. The molecule has 2 N–H and O–H groups in total. The number of hydrogen-bond donors (Lipinski definition) is 1. The SMILES string of the molecule is CC1(C(N)=O)OC1c1ccc(Br)cc1. The third-order valence-electron chi connectivity index (χ3n) is 2.47. The Balaban J connectivity index is 2.21. The predicted molar refractivity (Wildman–Crippen MR) is 55.6 cm³/mol. The van der Waals surface area contributed by atoms with Crippen LogP contribution in [0.4, 0.5) is 0 Å². The van der Waals surface area contributed by atoms with Gasteiger partial charge >= 0.3 is 0 Å². The lowest BCUT2D eigenvalue weighted by Gasteiger charge is -2.00. The first-order chi connectivity index (χ1) is 6.54. The molecule has 2 unspecified atom stereocenters. The molecule has 2 rings (SSSR count). The van der Waals surface area contributed by atoms with Crippen LogP contribution in [0.15, 0.2) is 28.7 Å². The maximum absolute atomic E-state index is 11.0. The van der Waals surface area contributed by atoms with Gasteiger partial charge < -0.3 is 10.5 Å². The molecule has 14 heavy (non-hydrogen) atoms. The monoisotopic (exact) mass is 255 g/mol. The van der Waals surface area contributed by atoms with E-state index in [0.717, 1.165) is 10.0 Å². The van der Waals surface area contributed by atoms with E-state index in [4.69, 9.17) is 10.5 Å². The Bertz CT molecular complexity index is 376. The van der Waals surface area contributed by atoms with Crippen LogP contribution in [0, 0.1) is 0 Å². The number of benzene rings is 1. The molecule has 0 aromatic heterocycles. The van der Waals surface area contributed by atoms with Crippen LogP contribution < -0.4 is 5.73 Å². The molecule has 74 valence electrons. The molecule has 1 saturated heterocycles. The van der Waals surface area contributed by atoms with Crippen LogP contribution in [0.3, 0.4) is 0 Å². The van der Waals surface area contributed by atoms with Gasteiger partial charge in [0.2, 0.25) is 0 Å². The Morgan fingerprint density at radius 2 is 2.07 bits per heavy atom. The summed E-state index contributed by atoms with van der Waals surface area (Å²) in [6.07, 6.45) is -0.187. The molecule has 4 heteroatoms. The lowest BCUT2D eigenvalue weighted by molar-refractivity contribution is -0.122. The van der Waals surface area contributed by atoms with E-state index in [-0.39, 0.29) is 6.10 Å². The molecule has 0 aliphatic carbocycles. The Kier molecular flexibility index (Phi) is 2.12. The van der Waals surface area contributed by atoms with Gasteiger partial charge in [0.1, 0.15) is 6.10 Å². The molecule has 1 heterocycles. The van der Waals surface area contributed by atoms with Crippen molar-refractivity contribution in [3.8, 4) is 0 Å². The first kappa shape index (κ1) is 9.68. The van der Waals surface area contributed by atoms with Crippen LogP contribution in [0.25, 0.3) is 0 Å². The molecule has 1 aromatic carbocycles. The molecule has 0 bridgehead atoms. The molecule has 0 saturated carbocycles. The van der Waals surface area contributed by atoms with Crippen molar-refractivity contribution in [1.29, 1.82) is 0 Å². The zero-order chi connectivity index (χ0) is 10.3. The lowest BCUT2D eigenvalue weighted by Crippen LogP contribution is -2.29. The van der Waals surface area contributed by atoms with Gasteiger partial charge in [-0.2, -0.15) is 0 Å². The van der Waals surface area contributed by atoms with Gasteiger partial charge in [0.05, 0.1) is 0 Å². The topological polar surface area (TPSA) is 55.6 Å². The molecule has 1 amide bonds. The quantitative estimate of drug-likeness (QED) is 0.820. The van der Waals surface area contributed by atoms with Crippen LogP contribution in [0.2, 0.25) is 0 Å². The summed E-state index contributed by atoms with van der Waals surface area (Å²) in [6.45, 7) is 1.71. The Morgan fingerprint density at radius 1 is 1.50 bits per heavy atom. The van der Waals surface area contributed by atoms with E-state index in [9.17, 15) is 4.79 Å². The maximum atomic E-state index is 11.0. The van der Waals surface area contributed by atoms with E-state index >= 15 is 0 Å². The number of primary amides is 1. The van der Waals surface area contributed by atoms with Crippen molar-refractivity contribution in [3.63, 3.8) is 0 Å². The Hall–Kier alpha value is -0.870. The molecule has 0 radical (unpaired) electrons. The first-order valence-corrected chi connectivity index (χ1v) is 5.06.